The first kappa shape index (κ1) is 12.3. The van der Waals surface area contributed by atoms with Crippen LogP contribution in [0.25, 0.3) is 4.85 Å². The number of thiazole rings is 1. The monoisotopic (exact) mass is 268 g/mol. The second kappa shape index (κ2) is 5.42. The van der Waals surface area contributed by atoms with Crippen LogP contribution in [0.1, 0.15) is 0 Å². The first-order valence-corrected chi connectivity index (χ1v) is 5.59. The van der Waals surface area contributed by atoms with E-state index < -0.39 is 12.7 Å². The van der Waals surface area contributed by atoms with E-state index in [1.165, 1.54) is 23.6 Å². The zero-order chi connectivity index (χ0) is 13.0. The Balaban J connectivity index is 2.35. The number of nitrogens with zero attached hydrogens (tertiary/aromatic N) is 2. The lowest BCUT2D eigenvalue weighted by atomic mass is 10.2. The molecule has 0 fully saturated rings. The van der Waals surface area contributed by atoms with Gasteiger partial charge in [-0.05, 0) is 0 Å². The summed E-state index contributed by atoms with van der Waals surface area (Å²) in [6, 6.07) is 2.28. The lowest BCUT2D eigenvalue weighted by Crippen LogP contribution is -1.93. The summed E-state index contributed by atoms with van der Waals surface area (Å²) in [5, 5.41) is 2.01. The number of alkyl halides is 1. The van der Waals surface area contributed by atoms with E-state index in [-0.39, 0.29) is 17.2 Å². The van der Waals surface area contributed by atoms with Gasteiger partial charge in [0.05, 0.1) is 6.57 Å². The zero-order valence-corrected chi connectivity index (χ0v) is 9.71. The van der Waals surface area contributed by atoms with Gasteiger partial charge >= 0.3 is 0 Å². The molecular formula is C11H6F2N2O2S. The molecule has 18 heavy (non-hydrogen) atoms. The second-order valence-electron chi connectivity index (χ2n) is 3.02. The fourth-order valence-electron chi connectivity index (χ4n) is 1.25. The van der Waals surface area contributed by atoms with Gasteiger partial charge in [0.2, 0.25) is 6.86 Å². The Bertz CT molecular complexity index is 581. The molecular weight excluding hydrogens is 262 g/mol. The highest BCUT2D eigenvalue weighted by atomic mass is 32.1. The molecule has 0 saturated heterocycles. The molecule has 2 rings (SSSR count). The number of hydrogen-bond acceptors (Lipinski definition) is 4. The fourth-order valence-corrected chi connectivity index (χ4v) is 1.75. The number of hydrogen-bond donors (Lipinski definition) is 0. The molecule has 92 valence electrons. The Labute approximate surface area is 105 Å². The third-order valence-corrected chi connectivity index (χ3v) is 2.59. The molecule has 0 bridgehead atoms. The van der Waals surface area contributed by atoms with Gasteiger partial charge in [-0.2, -0.15) is 0 Å². The van der Waals surface area contributed by atoms with Gasteiger partial charge in [-0.25, -0.2) is 18.6 Å². The quantitative estimate of drug-likeness (QED) is 0.788. The summed E-state index contributed by atoms with van der Waals surface area (Å²) in [6.07, 6.45) is 1.53. The van der Waals surface area contributed by atoms with Crippen molar-refractivity contribution in [1.82, 2.24) is 4.98 Å². The topological polar surface area (TPSA) is 35.7 Å². The second-order valence-corrected chi connectivity index (χ2v) is 3.87. The number of rotatable bonds is 4. The van der Waals surface area contributed by atoms with Crippen molar-refractivity contribution in [1.29, 1.82) is 0 Å². The lowest BCUT2D eigenvalue weighted by Gasteiger charge is -2.08. The molecule has 0 radical (unpaired) electrons. The van der Waals surface area contributed by atoms with Crippen LogP contribution in [0.3, 0.4) is 0 Å². The molecule has 2 aromatic rings. The summed E-state index contributed by atoms with van der Waals surface area (Å²) in [4.78, 5) is 6.80. The third kappa shape index (κ3) is 2.55. The van der Waals surface area contributed by atoms with Crippen LogP contribution in [-0.2, 0) is 0 Å². The predicted molar refractivity (Wildman–Crippen MR) is 61.5 cm³/mol. The molecule has 0 spiro atoms. The summed E-state index contributed by atoms with van der Waals surface area (Å²) in [5.74, 6) is -0.931. The maximum atomic E-state index is 13.5. The van der Waals surface area contributed by atoms with E-state index in [1.807, 2.05) is 0 Å². The molecule has 4 nitrogen and oxygen atoms in total. The third-order valence-electron chi connectivity index (χ3n) is 1.94. The summed E-state index contributed by atoms with van der Waals surface area (Å²) >= 11 is 1.22. The summed E-state index contributed by atoms with van der Waals surface area (Å²) < 4.78 is 35.5. The summed E-state index contributed by atoms with van der Waals surface area (Å²) in [6.45, 7) is 5.65. The normalized spacial score (nSPS) is 9.83. The van der Waals surface area contributed by atoms with Crippen molar-refractivity contribution in [2.24, 2.45) is 0 Å². The van der Waals surface area contributed by atoms with Crippen molar-refractivity contribution < 1.29 is 18.3 Å². The number of aromatic nitrogens is 1. The Morgan fingerprint density at radius 3 is 2.89 bits per heavy atom. The highest BCUT2D eigenvalue weighted by Crippen LogP contribution is 2.36. The minimum absolute atomic E-state index is 0.0956. The minimum Gasteiger partial charge on any atom is -0.474 e. The van der Waals surface area contributed by atoms with Crippen molar-refractivity contribution in [2.75, 3.05) is 6.86 Å². The minimum atomic E-state index is -1.15. The van der Waals surface area contributed by atoms with E-state index in [2.05, 4.69) is 14.6 Å². The molecule has 0 aliphatic carbocycles. The van der Waals surface area contributed by atoms with Gasteiger partial charge in [0, 0.05) is 23.7 Å². The highest BCUT2D eigenvalue weighted by molar-refractivity contribution is 7.11. The van der Waals surface area contributed by atoms with Crippen LogP contribution in [0.2, 0.25) is 0 Å². The molecule has 0 amide bonds. The van der Waals surface area contributed by atoms with Crippen LogP contribution in [0.4, 0.5) is 14.5 Å². The predicted octanol–water partition coefficient (Wildman–Crippen LogP) is 3.93. The van der Waals surface area contributed by atoms with Gasteiger partial charge in [0.25, 0.3) is 10.9 Å². The van der Waals surface area contributed by atoms with Crippen molar-refractivity contribution >= 4 is 17.0 Å². The van der Waals surface area contributed by atoms with Gasteiger partial charge in [-0.3, -0.25) is 0 Å². The van der Waals surface area contributed by atoms with Gasteiger partial charge in [0.15, 0.2) is 0 Å². The highest BCUT2D eigenvalue weighted by Gasteiger charge is 2.14. The van der Waals surface area contributed by atoms with Crippen molar-refractivity contribution in [2.45, 2.75) is 0 Å². The molecule has 0 atom stereocenters. The van der Waals surface area contributed by atoms with Crippen LogP contribution in [0.15, 0.2) is 23.7 Å². The van der Waals surface area contributed by atoms with E-state index in [9.17, 15) is 8.78 Å². The van der Waals surface area contributed by atoms with Crippen LogP contribution in [-0.4, -0.2) is 11.8 Å². The Morgan fingerprint density at radius 1 is 1.44 bits per heavy atom. The van der Waals surface area contributed by atoms with E-state index in [4.69, 9.17) is 11.3 Å². The molecule has 0 unspecified atom stereocenters. The van der Waals surface area contributed by atoms with Crippen LogP contribution >= 0.6 is 11.3 Å². The smallest absolute Gasteiger partial charge is 0.278 e. The average molecular weight is 268 g/mol. The van der Waals surface area contributed by atoms with Crippen LogP contribution in [0, 0.1) is 12.4 Å². The molecule has 1 heterocycles. The molecule has 0 N–H and O–H groups in total. The molecule has 0 saturated carbocycles. The van der Waals surface area contributed by atoms with Gasteiger partial charge in [-0.1, -0.05) is 11.3 Å². The number of halogens is 2. The van der Waals surface area contributed by atoms with E-state index in [0.29, 0.717) is 5.19 Å². The van der Waals surface area contributed by atoms with Gasteiger partial charge in [-0.15, -0.1) is 0 Å². The van der Waals surface area contributed by atoms with Gasteiger partial charge in [0.1, 0.15) is 17.3 Å². The Kier molecular flexibility index (Phi) is 3.69. The van der Waals surface area contributed by atoms with Gasteiger partial charge < -0.3 is 9.47 Å². The van der Waals surface area contributed by atoms with Crippen molar-refractivity contribution in [3.05, 3.63) is 40.9 Å². The van der Waals surface area contributed by atoms with E-state index >= 15 is 0 Å². The zero-order valence-electron chi connectivity index (χ0n) is 8.89. The standard InChI is InChI=1S/C11H6F2N2O2S/c1-14-10-8(13)4-7(5-9(10)16-6-12)17-11-15-2-3-18-11/h2-5H,6H2. The maximum Gasteiger partial charge on any atom is 0.278 e. The summed E-state index contributed by atoms with van der Waals surface area (Å²) in [5.41, 5.74) is -0.376. The van der Waals surface area contributed by atoms with E-state index in [1.54, 1.807) is 5.38 Å². The number of benzene rings is 1. The van der Waals surface area contributed by atoms with Crippen LogP contribution in [0.5, 0.6) is 16.7 Å². The Morgan fingerprint density at radius 2 is 2.28 bits per heavy atom. The number of ether oxygens (including phenoxy) is 2. The first-order chi connectivity index (χ1) is 8.74. The lowest BCUT2D eigenvalue weighted by molar-refractivity contribution is 0.192. The Hall–Kier alpha value is -2.20. The molecule has 0 aliphatic rings. The fraction of sp³-hybridized carbons (Fsp3) is 0.0909. The molecule has 7 heteroatoms. The van der Waals surface area contributed by atoms with Crippen molar-refractivity contribution in [3.63, 3.8) is 0 Å². The van der Waals surface area contributed by atoms with E-state index in [0.717, 1.165) is 6.07 Å². The first-order valence-electron chi connectivity index (χ1n) is 4.71. The maximum absolute atomic E-state index is 13.5. The van der Waals surface area contributed by atoms with Crippen molar-refractivity contribution in [3.8, 4) is 16.7 Å². The van der Waals surface area contributed by atoms with Crippen LogP contribution < -0.4 is 9.47 Å². The summed E-state index contributed by atoms with van der Waals surface area (Å²) in [7, 11) is 0. The largest absolute Gasteiger partial charge is 0.474 e. The molecule has 1 aromatic heterocycles. The average Bonchev–Trinajstić information content (AvgIpc) is 2.82. The molecule has 0 aliphatic heterocycles. The molecule has 1 aromatic carbocycles. The SMILES string of the molecule is [C-]#[N+]c1c(F)cc(Oc2nccs2)cc1OCF.